The highest BCUT2D eigenvalue weighted by Gasteiger charge is 2.42. The number of carbonyl (C=O) groups excluding carboxylic acids is 1. The molecule has 1 amide bonds. The smallest absolute Gasteiger partial charge is 0.425 e. The van der Waals surface area contributed by atoms with Gasteiger partial charge in [-0.05, 0) is 44.4 Å². The van der Waals surface area contributed by atoms with Crippen molar-refractivity contribution >= 4 is 5.91 Å². The Kier molecular flexibility index (Phi) is 7.48. The highest BCUT2D eigenvalue weighted by molar-refractivity contribution is 5.77. The molecule has 0 unspecified atom stereocenters. The summed E-state index contributed by atoms with van der Waals surface area (Å²) in [6, 6.07) is 0. The van der Waals surface area contributed by atoms with Crippen LogP contribution in [0.4, 0.5) is 26.3 Å². The van der Waals surface area contributed by atoms with Gasteiger partial charge in [0.15, 0.2) is 0 Å². The minimum atomic E-state index is -4.66. The van der Waals surface area contributed by atoms with Gasteiger partial charge in [-0.2, -0.15) is 0 Å². The molecule has 7 nitrogen and oxygen atoms in total. The Bertz CT molecular complexity index is 798. The zero-order valence-electron chi connectivity index (χ0n) is 17.0. The van der Waals surface area contributed by atoms with Crippen LogP contribution in [0.1, 0.15) is 62.6 Å². The number of allylic oxidation sites excluding steroid dienone is 1. The number of amides is 1. The van der Waals surface area contributed by atoms with E-state index in [1.54, 1.807) is 0 Å². The van der Waals surface area contributed by atoms with E-state index >= 15 is 0 Å². The Morgan fingerprint density at radius 2 is 1.59 bits per heavy atom. The van der Waals surface area contributed by atoms with Crippen LogP contribution in [0.3, 0.4) is 0 Å². The zero-order chi connectivity index (χ0) is 23.5. The molecule has 1 aromatic heterocycles. The van der Waals surface area contributed by atoms with Crippen molar-refractivity contribution in [1.29, 1.82) is 0 Å². The van der Waals surface area contributed by atoms with Crippen LogP contribution in [0.25, 0.3) is 0 Å². The van der Waals surface area contributed by atoms with E-state index in [1.807, 2.05) is 0 Å². The standard InChI is InChI=1S/C19H23F6N3O4/c1-10(26-15(29)4-3-11-6-13(7-11)31-18(20,21)22)2-5-16-27-28-17(30-16)12-8-14(9-12)32-19(23,24)25/h11-14H,1-9H2,(H,26,29). The summed E-state index contributed by atoms with van der Waals surface area (Å²) in [5.74, 6) is -0.0118. The first-order chi connectivity index (χ1) is 14.9. The predicted octanol–water partition coefficient (Wildman–Crippen LogP) is 4.51. The van der Waals surface area contributed by atoms with Crippen molar-refractivity contribution in [3.63, 3.8) is 0 Å². The second-order valence-corrected chi connectivity index (χ2v) is 8.10. The molecule has 0 bridgehead atoms. The second kappa shape index (κ2) is 9.77. The van der Waals surface area contributed by atoms with E-state index in [0.717, 1.165) is 0 Å². The summed E-state index contributed by atoms with van der Waals surface area (Å²) in [4.78, 5) is 12.0. The summed E-state index contributed by atoms with van der Waals surface area (Å²) in [6.07, 6.45) is -8.96. The molecule has 0 spiro atoms. The number of hydrogen-bond acceptors (Lipinski definition) is 6. The van der Waals surface area contributed by atoms with Gasteiger partial charge in [-0.1, -0.05) is 6.58 Å². The first-order valence-corrected chi connectivity index (χ1v) is 10.2. The van der Waals surface area contributed by atoms with Gasteiger partial charge in [-0.3, -0.25) is 14.3 Å². The average Bonchev–Trinajstić information content (AvgIpc) is 3.04. The summed E-state index contributed by atoms with van der Waals surface area (Å²) in [5.41, 5.74) is 0.420. The van der Waals surface area contributed by atoms with Crippen LogP contribution in [-0.4, -0.2) is 41.0 Å². The molecule has 1 N–H and O–H groups in total. The maximum atomic E-state index is 12.2. The zero-order valence-corrected chi connectivity index (χ0v) is 17.0. The molecule has 180 valence electrons. The molecule has 2 aliphatic rings. The summed E-state index contributed by atoms with van der Waals surface area (Å²) in [7, 11) is 0. The molecular weight excluding hydrogens is 448 g/mol. The van der Waals surface area contributed by atoms with Gasteiger partial charge in [0.1, 0.15) is 0 Å². The van der Waals surface area contributed by atoms with E-state index in [0.29, 0.717) is 25.0 Å². The topological polar surface area (TPSA) is 86.5 Å². The summed E-state index contributed by atoms with van der Waals surface area (Å²) in [5, 5.41) is 10.3. The van der Waals surface area contributed by atoms with Gasteiger partial charge in [0, 0.05) is 24.5 Å². The van der Waals surface area contributed by atoms with E-state index < -0.39 is 24.9 Å². The Morgan fingerprint density at radius 1 is 1.00 bits per heavy atom. The summed E-state index contributed by atoms with van der Waals surface area (Å²) in [6.45, 7) is 3.75. The monoisotopic (exact) mass is 471 g/mol. The van der Waals surface area contributed by atoms with Crippen molar-refractivity contribution in [2.45, 2.75) is 82.2 Å². The van der Waals surface area contributed by atoms with Crippen molar-refractivity contribution in [2.75, 3.05) is 0 Å². The highest BCUT2D eigenvalue weighted by Crippen LogP contribution is 2.41. The minimum absolute atomic E-state index is 0.0193. The third-order valence-corrected chi connectivity index (χ3v) is 5.46. The number of rotatable bonds is 10. The molecule has 2 saturated carbocycles. The van der Waals surface area contributed by atoms with Crippen LogP contribution >= 0.6 is 0 Å². The molecule has 0 aliphatic heterocycles. The molecule has 32 heavy (non-hydrogen) atoms. The Balaban J connectivity index is 1.28. The Labute approximate surface area is 179 Å². The predicted molar refractivity (Wildman–Crippen MR) is 95.7 cm³/mol. The molecular formula is C19H23F6N3O4. The molecule has 1 aromatic rings. The van der Waals surface area contributed by atoms with E-state index in [-0.39, 0.29) is 61.6 Å². The lowest BCUT2D eigenvalue weighted by Gasteiger charge is -2.35. The molecule has 0 radical (unpaired) electrons. The number of halogens is 6. The van der Waals surface area contributed by atoms with E-state index in [1.165, 1.54) is 0 Å². The Morgan fingerprint density at radius 3 is 2.19 bits per heavy atom. The number of aryl methyl sites for hydroxylation is 1. The lowest BCUT2D eigenvalue weighted by atomic mass is 9.79. The summed E-state index contributed by atoms with van der Waals surface area (Å²) >= 11 is 0. The number of alkyl halides is 6. The molecule has 3 rings (SSSR count). The molecule has 0 atom stereocenters. The highest BCUT2D eigenvalue weighted by atomic mass is 19.4. The number of nitrogens with one attached hydrogen (secondary N) is 1. The molecule has 1 heterocycles. The minimum Gasteiger partial charge on any atom is -0.425 e. The van der Waals surface area contributed by atoms with Crippen LogP contribution in [-0.2, 0) is 20.7 Å². The fourth-order valence-electron chi connectivity index (χ4n) is 3.70. The molecule has 2 aliphatic carbocycles. The third-order valence-electron chi connectivity index (χ3n) is 5.46. The van der Waals surface area contributed by atoms with Gasteiger partial charge in [-0.15, -0.1) is 36.5 Å². The number of ether oxygens (including phenoxy) is 2. The average molecular weight is 471 g/mol. The fraction of sp³-hybridized carbons (Fsp3) is 0.737. The van der Waals surface area contributed by atoms with Crippen LogP contribution in [0.15, 0.2) is 16.7 Å². The van der Waals surface area contributed by atoms with Crippen molar-refractivity contribution < 1.29 is 45.0 Å². The molecule has 2 fully saturated rings. The van der Waals surface area contributed by atoms with Gasteiger partial charge in [0.2, 0.25) is 17.7 Å². The van der Waals surface area contributed by atoms with Crippen LogP contribution in [0, 0.1) is 5.92 Å². The molecule has 13 heteroatoms. The first kappa shape index (κ1) is 24.5. The van der Waals surface area contributed by atoms with Crippen LogP contribution in [0.2, 0.25) is 0 Å². The van der Waals surface area contributed by atoms with Crippen molar-refractivity contribution in [3.05, 3.63) is 24.1 Å². The number of carbonyl (C=O) groups is 1. The van der Waals surface area contributed by atoms with Gasteiger partial charge in [0.25, 0.3) is 0 Å². The van der Waals surface area contributed by atoms with Gasteiger partial charge < -0.3 is 9.73 Å². The van der Waals surface area contributed by atoms with Crippen molar-refractivity contribution in [3.8, 4) is 0 Å². The van der Waals surface area contributed by atoms with E-state index in [2.05, 4.69) is 31.6 Å². The van der Waals surface area contributed by atoms with E-state index in [9.17, 15) is 31.1 Å². The summed E-state index contributed by atoms with van der Waals surface area (Å²) < 4.78 is 86.0. The lowest BCUT2D eigenvalue weighted by molar-refractivity contribution is -0.354. The van der Waals surface area contributed by atoms with Crippen molar-refractivity contribution in [2.24, 2.45) is 5.92 Å². The first-order valence-electron chi connectivity index (χ1n) is 10.2. The maximum absolute atomic E-state index is 12.2. The van der Waals surface area contributed by atoms with Gasteiger partial charge in [0.05, 0.1) is 12.2 Å². The number of aromatic nitrogens is 2. The maximum Gasteiger partial charge on any atom is 0.522 e. The number of hydrogen-bond donors (Lipinski definition) is 1. The Hall–Kier alpha value is -2.15. The third kappa shape index (κ3) is 7.76. The van der Waals surface area contributed by atoms with Gasteiger partial charge in [-0.25, -0.2) is 0 Å². The molecule has 0 aromatic carbocycles. The second-order valence-electron chi connectivity index (χ2n) is 8.10. The largest absolute Gasteiger partial charge is 0.522 e. The van der Waals surface area contributed by atoms with Crippen LogP contribution in [0.5, 0.6) is 0 Å². The van der Waals surface area contributed by atoms with Crippen molar-refractivity contribution in [1.82, 2.24) is 15.5 Å². The van der Waals surface area contributed by atoms with Crippen LogP contribution < -0.4 is 5.32 Å². The fourth-order valence-corrected chi connectivity index (χ4v) is 3.70. The van der Waals surface area contributed by atoms with E-state index in [4.69, 9.17) is 4.42 Å². The van der Waals surface area contributed by atoms with Gasteiger partial charge >= 0.3 is 12.7 Å². The number of nitrogens with zero attached hydrogens (tertiary/aromatic N) is 2. The SMILES string of the molecule is C=C(CCc1nnc(C2CC(OC(F)(F)F)C2)o1)NC(=O)CCC1CC(OC(F)(F)F)C1. The normalized spacial score (nSPS) is 25.7. The quantitative estimate of drug-likeness (QED) is 0.506. The lowest BCUT2D eigenvalue weighted by Crippen LogP contribution is -2.36. The molecule has 0 saturated heterocycles.